The van der Waals surface area contributed by atoms with Crippen LogP contribution in [-0.4, -0.2) is 14.0 Å². The number of pyridine rings is 1. The molecule has 0 amide bonds. The number of para-hydroxylation sites is 2. The van der Waals surface area contributed by atoms with Gasteiger partial charge in [-0.15, -0.1) is 0 Å². The maximum atomic E-state index is 5.49. The Balaban J connectivity index is 1.45. The minimum Gasteiger partial charge on any atom is -0.309 e. The lowest BCUT2D eigenvalue weighted by Crippen LogP contribution is -1.96. The fourth-order valence-corrected chi connectivity index (χ4v) is 7.53. The smallest absolute Gasteiger partial charge is 0.145 e. The first-order valence-electron chi connectivity index (χ1n) is 16.4. The van der Waals surface area contributed by atoms with Gasteiger partial charge in [0.05, 0.1) is 27.8 Å². The summed E-state index contributed by atoms with van der Waals surface area (Å²) in [7, 11) is 0. The molecular weight excluding hydrogens is 583 g/mol. The van der Waals surface area contributed by atoms with E-state index in [0.29, 0.717) is 0 Å². The number of aromatic nitrogens is 3. The second-order valence-corrected chi connectivity index (χ2v) is 12.4. The van der Waals surface area contributed by atoms with Crippen molar-refractivity contribution in [3.05, 3.63) is 176 Å². The first-order valence-corrected chi connectivity index (χ1v) is 16.4. The topological polar surface area (TPSA) is 22.2 Å². The van der Waals surface area contributed by atoms with Crippen molar-refractivity contribution in [1.29, 1.82) is 0 Å². The van der Waals surface area contributed by atoms with Gasteiger partial charge in [0.1, 0.15) is 5.82 Å². The van der Waals surface area contributed by atoms with E-state index in [-0.39, 0.29) is 0 Å². The van der Waals surface area contributed by atoms with Crippen molar-refractivity contribution in [3.63, 3.8) is 0 Å². The van der Waals surface area contributed by atoms with Gasteiger partial charge in [0.25, 0.3) is 0 Å². The molecule has 7 aromatic carbocycles. The van der Waals surface area contributed by atoms with Gasteiger partial charge >= 0.3 is 0 Å². The average molecular weight is 612 g/mol. The van der Waals surface area contributed by atoms with E-state index in [1.54, 1.807) is 0 Å². The van der Waals surface area contributed by atoms with Gasteiger partial charge in [-0.25, -0.2) is 4.98 Å². The Kier molecular flexibility index (Phi) is 5.87. The van der Waals surface area contributed by atoms with Crippen molar-refractivity contribution in [2.75, 3.05) is 0 Å². The molecule has 224 valence electrons. The van der Waals surface area contributed by atoms with Gasteiger partial charge in [-0.2, -0.15) is 0 Å². The maximum absolute atomic E-state index is 5.49. The summed E-state index contributed by atoms with van der Waals surface area (Å²) in [4.78, 5) is 5.49. The van der Waals surface area contributed by atoms with Crippen molar-refractivity contribution in [3.8, 4) is 39.5 Å². The van der Waals surface area contributed by atoms with Crippen LogP contribution in [0.1, 0.15) is 0 Å². The summed E-state index contributed by atoms with van der Waals surface area (Å²) in [5.41, 5.74) is 11.3. The largest absolute Gasteiger partial charge is 0.309 e. The molecule has 0 saturated heterocycles. The monoisotopic (exact) mass is 611 g/mol. The standard InChI is InChI=1S/C45H29N3/c1-5-15-30(16-6-1)33-25-26-36-37-28-38-35-23-13-14-24-40(35)47(34-21-11-4-12-22-34)42(38)29-39(37)44-43(31-17-7-2-8-18-31)46-45(48(44)41(36)27-33)32-19-9-3-10-20-32/h1-29H. The van der Waals surface area contributed by atoms with Crippen LogP contribution in [0.15, 0.2) is 176 Å². The SMILES string of the molecule is c1ccc(-c2ccc3c4cc5c6ccccc6n(-c6ccccc6)c5cc4c4c(-c5ccccc5)nc(-c5ccccc5)n4c3c2)cc1. The van der Waals surface area contributed by atoms with E-state index in [0.717, 1.165) is 39.4 Å². The van der Waals surface area contributed by atoms with E-state index < -0.39 is 0 Å². The fourth-order valence-electron chi connectivity index (χ4n) is 7.53. The number of imidazole rings is 1. The van der Waals surface area contributed by atoms with Gasteiger partial charge < -0.3 is 4.57 Å². The molecule has 0 atom stereocenters. The van der Waals surface area contributed by atoms with Gasteiger partial charge in [0.2, 0.25) is 0 Å². The molecule has 10 aromatic rings. The minimum atomic E-state index is 0.935. The third kappa shape index (κ3) is 3.98. The molecule has 0 aliphatic carbocycles. The third-order valence-electron chi connectivity index (χ3n) is 9.67. The average Bonchev–Trinajstić information content (AvgIpc) is 3.72. The highest BCUT2D eigenvalue weighted by atomic mass is 15.0. The summed E-state index contributed by atoms with van der Waals surface area (Å²) in [6, 6.07) is 63.0. The van der Waals surface area contributed by atoms with Crippen LogP contribution in [0.25, 0.3) is 88.5 Å². The van der Waals surface area contributed by atoms with Gasteiger partial charge in [-0.3, -0.25) is 4.40 Å². The molecule has 0 aliphatic rings. The zero-order chi connectivity index (χ0) is 31.6. The Bertz CT molecular complexity index is 2800. The highest BCUT2D eigenvalue weighted by molar-refractivity contribution is 6.23. The lowest BCUT2D eigenvalue weighted by Gasteiger charge is -2.15. The molecule has 0 radical (unpaired) electrons. The summed E-state index contributed by atoms with van der Waals surface area (Å²) < 4.78 is 4.81. The van der Waals surface area contributed by atoms with Crippen molar-refractivity contribution in [2.24, 2.45) is 0 Å². The van der Waals surface area contributed by atoms with Crippen LogP contribution in [0, 0.1) is 0 Å². The van der Waals surface area contributed by atoms with Gasteiger partial charge in [-0.1, -0.05) is 140 Å². The van der Waals surface area contributed by atoms with Crippen molar-refractivity contribution < 1.29 is 0 Å². The van der Waals surface area contributed by atoms with Crippen molar-refractivity contribution >= 4 is 49.0 Å². The second-order valence-electron chi connectivity index (χ2n) is 12.4. The number of hydrogen-bond acceptors (Lipinski definition) is 1. The number of benzene rings is 7. The van der Waals surface area contributed by atoms with E-state index in [2.05, 4.69) is 185 Å². The molecule has 3 heterocycles. The third-order valence-corrected chi connectivity index (χ3v) is 9.67. The van der Waals surface area contributed by atoms with E-state index >= 15 is 0 Å². The van der Waals surface area contributed by atoms with Crippen LogP contribution >= 0.6 is 0 Å². The van der Waals surface area contributed by atoms with Crippen LogP contribution in [0.4, 0.5) is 0 Å². The van der Waals surface area contributed by atoms with E-state index in [4.69, 9.17) is 4.98 Å². The second kappa shape index (κ2) is 10.5. The first-order chi connectivity index (χ1) is 23.8. The molecule has 0 saturated carbocycles. The van der Waals surface area contributed by atoms with Crippen molar-refractivity contribution in [1.82, 2.24) is 14.0 Å². The molecule has 0 spiro atoms. The lowest BCUT2D eigenvalue weighted by atomic mass is 9.97. The molecule has 10 rings (SSSR count). The van der Waals surface area contributed by atoms with Crippen LogP contribution < -0.4 is 0 Å². The summed E-state index contributed by atoms with van der Waals surface area (Å²) in [6.45, 7) is 0. The number of hydrogen-bond donors (Lipinski definition) is 0. The van der Waals surface area contributed by atoms with Gasteiger partial charge in [0, 0.05) is 38.4 Å². The van der Waals surface area contributed by atoms with E-state index in [1.807, 2.05) is 0 Å². The number of rotatable bonds is 4. The Hall–Kier alpha value is -6.45. The molecular formula is C45H29N3. The molecule has 48 heavy (non-hydrogen) atoms. The zero-order valence-corrected chi connectivity index (χ0v) is 26.1. The molecule has 0 aliphatic heterocycles. The van der Waals surface area contributed by atoms with Crippen LogP contribution in [0.3, 0.4) is 0 Å². The Morgan fingerprint density at radius 2 is 0.958 bits per heavy atom. The van der Waals surface area contributed by atoms with Crippen LogP contribution in [0.2, 0.25) is 0 Å². The lowest BCUT2D eigenvalue weighted by molar-refractivity contribution is 1.18. The molecule has 0 unspecified atom stereocenters. The molecule has 3 heteroatoms. The van der Waals surface area contributed by atoms with E-state index in [9.17, 15) is 0 Å². The molecule has 0 bridgehead atoms. The first kappa shape index (κ1) is 26.7. The minimum absolute atomic E-state index is 0.935. The predicted molar refractivity (Wildman–Crippen MR) is 201 cm³/mol. The molecule has 3 nitrogen and oxygen atoms in total. The van der Waals surface area contributed by atoms with Gasteiger partial charge in [-0.05, 0) is 52.9 Å². The van der Waals surface area contributed by atoms with Gasteiger partial charge in [0.15, 0.2) is 0 Å². The highest BCUT2D eigenvalue weighted by Crippen LogP contribution is 2.43. The summed E-state index contributed by atoms with van der Waals surface area (Å²) in [5, 5.41) is 6.08. The summed E-state index contributed by atoms with van der Waals surface area (Å²) >= 11 is 0. The molecule has 0 N–H and O–H groups in total. The Morgan fingerprint density at radius 3 is 1.69 bits per heavy atom. The molecule has 3 aromatic heterocycles. The number of fused-ring (bicyclic) bond motifs is 9. The predicted octanol–water partition coefficient (Wildman–Crippen LogP) is 11.7. The molecule has 0 fully saturated rings. The van der Waals surface area contributed by atoms with E-state index in [1.165, 1.54) is 49.1 Å². The fraction of sp³-hybridized carbons (Fsp3) is 0. The Morgan fingerprint density at radius 1 is 0.354 bits per heavy atom. The maximum Gasteiger partial charge on any atom is 0.145 e. The van der Waals surface area contributed by atoms with Crippen LogP contribution in [-0.2, 0) is 0 Å². The normalized spacial score (nSPS) is 11.8. The zero-order valence-electron chi connectivity index (χ0n) is 26.1. The highest BCUT2D eigenvalue weighted by Gasteiger charge is 2.23. The quantitative estimate of drug-likeness (QED) is 0.182. The number of nitrogens with zero attached hydrogens (tertiary/aromatic N) is 3. The van der Waals surface area contributed by atoms with Crippen molar-refractivity contribution in [2.45, 2.75) is 0 Å². The van der Waals surface area contributed by atoms with Crippen LogP contribution in [0.5, 0.6) is 0 Å². The summed E-state index contributed by atoms with van der Waals surface area (Å²) in [5.74, 6) is 0.935. The summed E-state index contributed by atoms with van der Waals surface area (Å²) in [6.07, 6.45) is 0. The Labute approximate surface area is 277 Å².